The predicted molar refractivity (Wildman–Crippen MR) is 139 cm³/mol. The highest BCUT2D eigenvalue weighted by Crippen LogP contribution is 2.25. The second-order valence-corrected chi connectivity index (χ2v) is 9.72. The Labute approximate surface area is 212 Å². The Hall–Kier alpha value is -3.74. The lowest BCUT2D eigenvalue weighted by atomic mass is 10.1. The van der Waals surface area contributed by atoms with Crippen LogP contribution in [0.5, 0.6) is 11.5 Å². The molecule has 7 nitrogen and oxygen atoms in total. The molecule has 0 radical (unpaired) electrons. The highest BCUT2D eigenvalue weighted by Gasteiger charge is 2.36. The van der Waals surface area contributed by atoms with Crippen LogP contribution in [0.2, 0.25) is 0 Å². The predicted octanol–water partition coefficient (Wildman–Crippen LogP) is 5.57. The van der Waals surface area contributed by atoms with Crippen LogP contribution in [0.15, 0.2) is 66.7 Å². The van der Waals surface area contributed by atoms with Crippen molar-refractivity contribution < 1.29 is 24.2 Å². The minimum Gasteiger partial charge on any atom is -0.494 e. The maximum Gasteiger partial charge on any atom is 0.347 e. The third kappa shape index (κ3) is 5.90. The van der Waals surface area contributed by atoms with E-state index in [9.17, 15) is 14.7 Å². The molecule has 0 aromatic heterocycles. The smallest absolute Gasteiger partial charge is 0.347 e. The molecule has 1 aliphatic heterocycles. The Kier molecular flexibility index (Phi) is 7.67. The molecule has 0 saturated carbocycles. The van der Waals surface area contributed by atoms with E-state index in [0.717, 1.165) is 24.9 Å². The van der Waals surface area contributed by atoms with Crippen molar-refractivity contribution in [2.75, 3.05) is 19.7 Å². The Balaban J connectivity index is 1.34. The van der Waals surface area contributed by atoms with Crippen LogP contribution < -0.4 is 9.47 Å². The number of aliphatic carboxylic acids is 1. The van der Waals surface area contributed by atoms with Crippen LogP contribution in [0.25, 0.3) is 10.8 Å². The maximum absolute atomic E-state index is 13.2. The van der Waals surface area contributed by atoms with Crippen molar-refractivity contribution in [2.24, 2.45) is 0 Å². The van der Waals surface area contributed by atoms with Gasteiger partial charge in [0.15, 0.2) is 5.60 Å². The second-order valence-electron chi connectivity index (χ2n) is 9.72. The van der Waals surface area contributed by atoms with Gasteiger partial charge in [0.2, 0.25) is 0 Å². The van der Waals surface area contributed by atoms with E-state index < -0.39 is 11.6 Å². The summed E-state index contributed by atoms with van der Waals surface area (Å²) in [5.41, 5.74) is -0.178. The number of nitrogens with zero attached hydrogens (tertiary/aromatic N) is 2. The summed E-state index contributed by atoms with van der Waals surface area (Å²) < 4.78 is 11.5. The molecule has 3 aromatic rings. The summed E-state index contributed by atoms with van der Waals surface area (Å²) in [4.78, 5) is 28.3. The minimum absolute atomic E-state index is 0.0811. The molecule has 190 valence electrons. The fourth-order valence-electron chi connectivity index (χ4n) is 4.48. The Morgan fingerprint density at radius 1 is 1.03 bits per heavy atom. The fourth-order valence-corrected chi connectivity index (χ4v) is 4.48. The largest absolute Gasteiger partial charge is 0.494 e. The van der Waals surface area contributed by atoms with Gasteiger partial charge < -0.3 is 24.4 Å². The molecular formula is C29H34N2O5. The van der Waals surface area contributed by atoms with E-state index in [-0.39, 0.29) is 12.1 Å². The van der Waals surface area contributed by atoms with E-state index in [1.165, 1.54) is 24.6 Å². The lowest BCUT2D eigenvalue weighted by Gasteiger charge is -2.23. The topological polar surface area (TPSA) is 79.3 Å². The summed E-state index contributed by atoms with van der Waals surface area (Å²) in [6.07, 6.45) is 1.63. The number of carboxylic acid groups (broad SMARTS) is 1. The van der Waals surface area contributed by atoms with Gasteiger partial charge in [-0.05, 0) is 66.9 Å². The molecule has 0 aliphatic carbocycles. The molecule has 4 rings (SSSR count). The first-order chi connectivity index (χ1) is 17.3. The molecular weight excluding hydrogens is 456 g/mol. The Morgan fingerprint density at radius 3 is 2.42 bits per heavy atom. The van der Waals surface area contributed by atoms with Gasteiger partial charge in [0.05, 0.1) is 12.6 Å². The SMILES string of the molecule is CCCN1C(=O)N(Cc2ccc3ccccc3c2)CC1CCOc1ccc(OC(C)(C)C(=O)O)cc1. The number of benzene rings is 3. The van der Waals surface area contributed by atoms with Gasteiger partial charge in [0, 0.05) is 26.1 Å². The number of urea groups is 1. The van der Waals surface area contributed by atoms with Crippen molar-refractivity contribution in [3.8, 4) is 11.5 Å². The summed E-state index contributed by atoms with van der Waals surface area (Å²) in [5.74, 6) is 0.115. The monoisotopic (exact) mass is 490 g/mol. The van der Waals surface area contributed by atoms with E-state index in [4.69, 9.17) is 9.47 Å². The molecule has 7 heteroatoms. The molecule has 1 N–H and O–H groups in total. The normalized spacial score (nSPS) is 16.0. The molecule has 1 saturated heterocycles. The highest BCUT2D eigenvalue weighted by molar-refractivity contribution is 5.83. The van der Waals surface area contributed by atoms with E-state index in [2.05, 4.69) is 37.3 Å². The molecule has 36 heavy (non-hydrogen) atoms. The van der Waals surface area contributed by atoms with Crippen molar-refractivity contribution in [3.05, 3.63) is 72.3 Å². The van der Waals surface area contributed by atoms with E-state index in [1.807, 2.05) is 21.9 Å². The van der Waals surface area contributed by atoms with Crippen molar-refractivity contribution in [1.82, 2.24) is 9.80 Å². The third-order valence-electron chi connectivity index (χ3n) is 6.47. The molecule has 0 bridgehead atoms. The number of carbonyl (C=O) groups excluding carboxylic acids is 1. The van der Waals surface area contributed by atoms with Gasteiger partial charge in [-0.15, -0.1) is 0 Å². The number of hydrogen-bond donors (Lipinski definition) is 1. The van der Waals surface area contributed by atoms with E-state index >= 15 is 0 Å². The summed E-state index contributed by atoms with van der Waals surface area (Å²) in [6, 6.07) is 21.7. The zero-order valence-electron chi connectivity index (χ0n) is 21.1. The van der Waals surface area contributed by atoms with Gasteiger partial charge in [-0.1, -0.05) is 43.3 Å². The molecule has 1 atom stereocenters. The minimum atomic E-state index is -1.31. The van der Waals surface area contributed by atoms with Crippen LogP contribution in [0.4, 0.5) is 4.79 Å². The van der Waals surface area contributed by atoms with Gasteiger partial charge in [0.25, 0.3) is 0 Å². The molecule has 3 aromatic carbocycles. The second kappa shape index (κ2) is 10.9. The van der Waals surface area contributed by atoms with Crippen molar-refractivity contribution >= 4 is 22.8 Å². The summed E-state index contributed by atoms with van der Waals surface area (Å²) in [5, 5.41) is 11.6. The van der Waals surface area contributed by atoms with Crippen molar-refractivity contribution in [3.63, 3.8) is 0 Å². The number of fused-ring (bicyclic) bond motifs is 1. The van der Waals surface area contributed by atoms with Gasteiger partial charge in [-0.25, -0.2) is 9.59 Å². The van der Waals surface area contributed by atoms with Crippen molar-refractivity contribution in [2.45, 2.75) is 51.8 Å². The number of ether oxygens (including phenoxy) is 2. The average Bonchev–Trinajstić information content (AvgIpc) is 3.14. The molecule has 1 heterocycles. The zero-order valence-corrected chi connectivity index (χ0v) is 21.1. The summed E-state index contributed by atoms with van der Waals surface area (Å²) in [6.45, 7) is 7.57. The van der Waals surface area contributed by atoms with Gasteiger partial charge >= 0.3 is 12.0 Å². The lowest BCUT2D eigenvalue weighted by Crippen LogP contribution is -2.37. The number of carbonyl (C=O) groups is 2. The summed E-state index contributed by atoms with van der Waals surface area (Å²) in [7, 11) is 0. The van der Waals surface area contributed by atoms with Gasteiger partial charge in [-0.2, -0.15) is 0 Å². The van der Waals surface area contributed by atoms with E-state index in [0.29, 0.717) is 31.2 Å². The average molecular weight is 491 g/mol. The molecule has 1 fully saturated rings. The third-order valence-corrected chi connectivity index (χ3v) is 6.47. The molecule has 2 amide bonds. The van der Waals surface area contributed by atoms with E-state index in [1.54, 1.807) is 24.3 Å². The number of rotatable bonds is 11. The Morgan fingerprint density at radius 2 is 1.72 bits per heavy atom. The highest BCUT2D eigenvalue weighted by atomic mass is 16.5. The zero-order chi connectivity index (χ0) is 25.7. The Bertz CT molecular complexity index is 1210. The number of carboxylic acids is 1. The van der Waals surface area contributed by atoms with Crippen LogP contribution in [-0.4, -0.2) is 58.2 Å². The van der Waals surface area contributed by atoms with Crippen LogP contribution in [0.1, 0.15) is 39.2 Å². The van der Waals surface area contributed by atoms with Crippen LogP contribution in [0, 0.1) is 0 Å². The molecule has 1 aliphatic rings. The first kappa shape index (κ1) is 25.4. The van der Waals surface area contributed by atoms with Crippen LogP contribution in [-0.2, 0) is 11.3 Å². The fraction of sp³-hybridized carbons (Fsp3) is 0.379. The van der Waals surface area contributed by atoms with Gasteiger partial charge in [0.1, 0.15) is 11.5 Å². The number of amides is 2. The first-order valence-electron chi connectivity index (χ1n) is 12.5. The lowest BCUT2D eigenvalue weighted by molar-refractivity contribution is -0.152. The van der Waals surface area contributed by atoms with Crippen LogP contribution in [0.3, 0.4) is 0 Å². The quantitative estimate of drug-likeness (QED) is 0.380. The maximum atomic E-state index is 13.2. The van der Waals surface area contributed by atoms with Crippen LogP contribution >= 0.6 is 0 Å². The number of hydrogen-bond acceptors (Lipinski definition) is 4. The first-order valence-corrected chi connectivity index (χ1v) is 12.5. The standard InChI is InChI=1S/C29H34N2O5/c1-4-16-31-24(15-17-35-25-11-13-26(14-12-25)36-29(2,3)27(32)33)20-30(28(31)34)19-21-9-10-22-7-5-6-8-23(22)18-21/h5-14,18,24H,4,15-17,19-20H2,1-3H3,(H,32,33). The summed E-state index contributed by atoms with van der Waals surface area (Å²) >= 11 is 0. The van der Waals surface area contributed by atoms with Gasteiger partial charge in [-0.3, -0.25) is 0 Å². The molecule has 1 unspecified atom stereocenters. The van der Waals surface area contributed by atoms with Crippen molar-refractivity contribution in [1.29, 1.82) is 0 Å². The molecule has 0 spiro atoms.